The van der Waals surface area contributed by atoms with Gasteiger partial charge in [-0.15, -0.1) is 10.2 Å². The first-order valence-electron chi connectivity index (χ1n) is 7.78. The zero-order valence-corrected chi connectivity index (χ0v) is 13.7. The number of hydrogen-bond acceptors (Lipinski definition) is 8. The van der Waals surface area contributed by atoms with Gasteiger partial charge in [0.05, 0.1) is 19.8 Å². The van der Waals surface area contributed by atoms with Gasteiger partial charge in [-0.2, -0.15) is 9.61 Å². The van der Waals surface area contributed by atoms with Crippen LogP contribution in [0.15, 0.2) is 18.2 Å². The van der Waals surface area contributed by atoms with Crippen LogP contribution in [0.25, 0.3) is 15.5 Å². The van der Waals surface area contributed by atoms with Crippen LogP contribution in [0.2, 0.25) is 0 Å². The summed E-state index contributed by atoms with van der Waals surface area (Å²) in [5.41, 5.74) is 0.993. The molecule has 24 heavy (non-hydrogen) atoms. The van der Waals surface area contributed by atoms with Crippen LogP contribution >= 0.6 is 11.3 Å². The number of morpholine rings is 1. The molecule has 3 aromatic rings. The number of fused-ring (bicyclic) bond motifs is 2. The van der Waals surface area contributed by atoms with Crippen LogP contribution in [0.1, 0.15) is 5.82 Å². The molecular weight excluding hydrogens is 330 g/mol. The molecule has 0 saturated carbocycles. The molecule has 1 fully saturated rings. The number of aromatic nitrogens is 4. The van der Waals surface area contributed by atoms with Crippen LogP contribution in [0.4, 0.5) is 0 Å². The average Bonchev–Trinajstić information content (AvgIpc) is 3.31. The summed E-state index contributed by atoms with van der Waals surface area (Å²) >= 11 is 1.52. The maximum atomic E-state index is 5.44. The molecule has 5 rings (SSSR count). The Morgan fingerprint density at radius 3 is 2.88 bits per heavy atom. The Labute approximate surface area is 141 Å². The topological polar surface area (TPSA) is 74.0 Å². The van der Waals surface area contributed by atoms with Gasteiger partial charge in [0.15, 0.2) is 17.3 Å². The Morgan fingerprint density at radius 1 is 1.08 bits per heavy atom. The molecule has 4 heterocycles. The molecule has 0 unspecified atom stereocenters. The summed E-state index contributed by atoms with van der Waals surface area (Å²) in [6.45, 7) is 4.35. The van der Waals surface area contributed by atoms with E-state index < -0.39 is 0 Å². The van der Waals surface area contributed by atoms with Crippen LogP contribution in [0, 0.1) is 0 Å². The van der Waals surface area contributed by atoms with Gasteiger partial charge in [-0.05, 0) is 18.2 Å². The molecule has 1 saturated heterocycles. The first-order chi connectivity index (χ1) is 11.9. The fraction of sp³-hybridized carbons (Fsp3) is 0.400. The van der Waals surface area contributed by atoms with Crippen LogP contribution in [0.5, 0.6) is 11.5 Å². The van der Waals surface area contributed by atoms with Crippen LogP contribution < -0.4 is 9.47 Å². The SMILES string of the molecule is c1cc2c(cc1-c1nn3c(CN4CCOCC4)nnc3s1)OCO2. The molecule has 0 atom stereocenters. The Bertz CT molecular complexity index is 886. The molecule has 0 aliphatic carbocycles. The van der Waals surface area contributed by atoms with E-state index in [4.69, 9.17) is 14.2 Å². The molecular formula is C15H15N5O3S. The van der Waals surface area contributed by atoms with Crippen LogP contribution in [0.3, 0.4) is 0 Å². The lowest BCUT2D eigenvalue weighted by atomic mass is 10.2. The van der Waals surface area contributed by atoms with Crippen molar-refractivity contribution < 1.29 is 14.2 Å². The van der Waals surface area contributed by atoms with Gasteiger partial charge in [0.2, 0.25) is 11.8 Å². The fourth-order valence-electron chi connectivity index (χ4n) is 2.86. The van der Waals surface area contributed by atoms with E-state index >= 15 is 0 Å². The van der Waals surface area contributed by atoms with Crippen LogP contribution in [-0.4, -0.2) is 57.8 Å². The van der Waals surface area contributed by atoms with Crippen molar-refractivity contribution in [2.45, 2.75) is 6.54 Å². The number of ether oxygens (including phenoxy) is 3. The van der Waals surface area contributed by atoms with E-state index in [1.54, 1.807) is 0 Å². The Kier molecular flexibility index (Phi) is 3.35. The highest BCUT2D eigenvalue weighted by molar-refractivity contribution is 7.19. The zero-order chi connectivity index (χ0) is 15.9. The number of benzene rings is 1. The minimum atomic E-state index is 0.271. The molecule has 0 amide bonds. The van der Waals surface area contributed by atoms with Crippen LogP contribution in [-0.2, 0) is 11.3 Å². The van der Waals surface area contributed by atoms with Gasteiger partial charge < -0.3 is 14.2 Å². The van der Waals surface area contributed by atoms with Gasteiger partial charge in [0.25, 0.3) is 0 Å². The normalized spacial score (nSPS) is 17.7. The van der Waals surface area contributed by atoms with Crippen molar-refractivity contribution in [3.63, 3.8) is 0 Å². The molecule has 2 aliphatic rings. The van der Waals surface area contributed by atoms with Crippen molar-refractivity contribution in [3.05, 3.63) is 24.0 Å². The molecule has 8 nitrogen and oxygen atoms in total. The van der Waals surface area contributed by atoms with Crippen molar-refractivity contribution >= 4 is 16.3 Å². The van der Waals surface area contributed by atoms with Crippen molar-refractivity contribution in [1.82, 2.24) is 24.7 Å². The van der Waals surface area contributed by atoms with E-state index in [0.29, 0.717) is 0 Å². The van der Waals surface area contributed by atoms with E-state index in [-0.39, 0.29) is 6.79 Å². The van der Waals surface area contributed by atoms with Gasteiger partial charge in [-0.1, -0.05) is 11.3 Å². The Morgan fingerprint density at radius 2 is 1.96 bits per heavy atom. The van der Waals surface area contributed by atoms with E-state index in [0.717, 1.165) is 65.7 Å². The van der Waals surface area contributed by atoms with Crippen molar-refractivity contribution in [2.75, 3.05) is 33.1 Å². The monoisotopic (exact) mass is 345 g/mol. The van der Waals surface area contributed by atoms with Gasteiger partial charge in [0.1, 0.15) is 5.01 Å². The minimum absolute atomic E-state index is 0.271. The standard InChI is InChI=1S/C15H15N5O3S/c1-2-11-12(23-9-22-11)7-10(1)14-18-20-13(16-17-15(20)24-14)8-19-3-5-21-6-4-19/h1-2,7H,3-6,8-9H2. The lowest BCUT2D eigenvalue weighted by Crippen LogP contribution is -2.36. The molecule has 0 radical (unpaired) electrons. The van der Waals surface area contributed by atoms with Gasteiger partial charge in [-0.3, -0.25) is 4.90 Å². The molecule has 9 heteroatoms. The number of rotatable bonds is 3. The second-order valence-electron chi connectivity index (χ2n) is 5.67. The highest BCUT2D eigenvalue weighted by Gasteiger charge is 2.19. The summed E-state index contributed by atoms with van der Waals surface area (Å²) in [4.78, 5) is 3.10. The fourth-order valence-corrected chi connectivity index (χ4v) is 3.72. The molecule has 0 bridgehead atoms. The molecule has 1 aromatic carbocycles. The third-order valence-electron chi connectivity index (χ3n) is 4.14. The maximum Gasteiger partial charge on any atom is 0.235 e. The Balaban J connectivity index is 1.45. The summed E-state index contributed by atoms with van der Waals surface area (Å²) in [6, 6.07) is 5.85. The largest absolute Gasteiger partial charge is 0.454 e. The van der Waals surface area contributed by atoms with E-state index in [2.05, 4.69) is 20.2 Å². The molecule has 124 valence electrons. The van der Waals surface area contributed by atoms with Crippen molar-refractivity contribution in [1.29, 1.82) is 0 Å². The minimum Gasteiger partial charge on any atom is -0.454 e. The van der Waals surface area contributed by atoms with E-state index in [1.807, 2.05) is 22.7 Å². The lowest BCUT2D eigenvalue weighted by Gasteiger charge is -2.25. The molecule has 2 aliphatic heterocycles. The molecule has 0 N–H and O–H groups in total. The summed E-state index contributed by atoms with van der Waals surface area (Å²) in [6.07, 6.45) is 0. The van der Waals surface area contributed by atoms with Gasteiger partial charge in [0, 0.05) is 18.7 Å². The first-order valence-corrected chi connectivity index (χ1v) is 8.60. The molecule has 0 spiro atoms. The highest BCUT2D eigenvalue weighted by Crippen LogP contribution is 2.37. The summed E-state index contributed by atoms with van der Waals surface area (Å²) in [7, 11) is 0. The third-order valence-corrected chi connectivity index (χ3v) is 5.09. The smallest absolute Gasteiger partial charge is 0.235 e. The zero-order valence-electron chi connectivity index (χ0n) is 12.8. The molecule has 2 aromatic heterocycles. The summed E-state index contributed by atoms with van der Waals surface area (Å²) < 4.78 is 18.0. The first kappa shape index (κ1) is 14.1. The second kappa shape index (κ2) is 5.69. The highest BCUT2D eigenvalue weighted by atomic mass is 32.1. The van der Waals surface area contributed by atoms with E-state index in [9.17, 15) is 0 Å². The maximum absolute atomic E-state index is 5.44. The predicted octanol–water partition coefficient (Wildman–Crippen LogP) is 1.41. The predicted molar refractivity (Wildman–Crippen MR) is 86.3 cm³/mol. The summed E-state index contributed by atoms with van der Waals surface area (Å²) in [5, 5.41) is 14.1. The van der Waals surface area contributed by atoms with E-state index in [1.165, 1.54) is 11.3 Å². The van der Waals surface area contributed by atoms with Crippen molar-refractivity contribution in [3.8, 4) is 22.1 Å². The second-order valence-corrected chi connectivity index (χ2v) is 6.63. The van der Waals surface area contributed by atoms with Gasteiger partial charge in [-0.25, -0.2) is 0 Å². The lowest BCUT2D eigenvalue weighted by molar-refractivity contribution is 0.0328. The number of hydrogen-bond donors (Lipinski definition) is 0. The average molecular weight is 345 g/mol. The third kappa shape index (κ3) is 2.41. The quantitative estimate of drug-likeness (QED) is 0.710. The number of nitrogens with zero attached hydrogens (tertiary/aromatic N) is 5. The van der Waals surface area contributed by atoms with Gasteiger partial charge >= 0.3 is 0 Å². The van der Waals surface area contributed by atoms with Crippen molar-refractivity contribution in [2.24, 2.45) is 0 Å². The summed E-state index contributed by atoms with van der Waals surface area (Å²) in [5.74, 6) is 2.39. The Hall–Kier alpha value is -2.23.